The van der Waals surface area contributed by atoms with Crippen LogP contribution in [0.15, 0.2) is 224 Å². The molecule has 0 atom stereocenters. The summed E-state index contributed by atoms with van der Waals surface area (Å²) in [6.45, 7) is 0. The molecular formula is C59H37N3. The summed E-state index contributed by atoms with van der Waals surface area (Å²) in [6, 6.07) is 81.7. The van der Waals surface area contributed by atoms with E-state index in [-0.39, 0.29) is 0 Å². The quantitative estimate of drug-likeness (QED) is 0.178. The largest absolute Gasteiger partial charge is 0.208 e. The number of hydrogen-bond donors (Lipinski definition) is 0. The number of rotatable bonds is 4. The average molecular weight is 788 g/mol. The van der Waals surface area contributed by atoms with Gasteiger partial charge >= 0.3 is 0 Å². The highest BCUT2D eigenvalue weighted by molar-refractivity contribution is 5.94. The normalized spacial score (nSPS) is 14.1. The molecule has 0 saturated heterocycles. The molecule has 3 heteroatoms. The van der Waals surface area contributed by atoms with Crippen molar-refractivity contribution < 1.29 is 0 Å². The van der Waals surface area contributed by atoms with Gasteiger partial charge in [-0.2, -0.15) is 0 Å². The Morgan fingerprint density at radius 2 is 0.548 bits per heavy atom. The molecule has 0 fully saturated rings. The minimum absolute atomic E-state index is 0.499. The Hall–Kier alpha value is -8.01. The van der Waals surface area contributed by atoms with Gasteiger partial charge in [0.2, 0.25) is 0 Å². The lowest BCUT2D eigenvalue weighted by molar-refractivity contribution is 0.633. The summed E-state index contributed by atoms with van der Waals surface area (Å²) in [4.78, 5) is 15.8. The Morgan fingerprint density at radius 3 is 1.05 bits per heavy atom. The van der Waals surface area contributed by atoms with Crippen LogP contribution in [0.3, 0.4) is 0 Å². The third-order valence-corrected chi connectivity index (χ3v) is 13.6. The van der Waals surface area contributed by atoms with Crippen LogP contribution in [0.1, 0.15) is 44.5 Å². The molecule has 1 aromatic heterocycles. The Kier molecular flexibility index (Phi) is 7.44. The van der Waals surface area contributed by atoms with Crippen molar-refractivity contribution in [3.63, 3.8) is 0 Å². The minimum atomic E-state index is -0.620. The summed E-state index contributed by atoms with van der Waals surface area (Å²) in [5, 5.41) is 0. The molecule has 3 aliphatic rings. The van der Waals surface area contributed by atoms with Crippen molar-refractivity contribution in [2.45, 2.75) is 10.8 Å². The van der Waals surface area contributed by atoms with Crippen LogP contribution in [0.5, 0.6) is 0 Å². The molecule has 3 aliphatic carbocycles. The van der Waals surface area contributed by atoms with E-state index in [1.54, 1.807) is 0 Å². The van der Waals surface area contributed by atoms with Gasteiger partial charge in [0, 0.05) is 16.7 Å². The topological polar surface area (TPSA) is 38.7 Å². The van der Waals surface area contributed by atoms with E-state index in [0.717, 1.165) is 27.8 Å². The van der Waals surface area contributed by atoms with Gasteiger partial charge in [0.05, 0.1) is 10.8 Å². The maximum atomic E-state index is 5.37. The molecule has 0 radical (unpaired) electrons. The summed E-state index contributed by atoms with van der Waals surface area (Å²) < 4.78 is 0. The molecule has 9 aromatic carbocycles. The van der Waals surface area contributed by atoms with Gasteiger partial charge in [0.25, 0.3) is 0 Å². The third kappa shape index (κ3) is 4.62. The Bertz CT molecular complexity index is 3330. The lowest BCUT2D eigenvalue weighted by Gasteiger charge is -2.48. The summed E-state index contributed by atoms with van der Waals surface area (Å²) in [6.07, 6.45) is 0. The van der Waals surface area contributed by atoms with Crippen LogP contribution in [-0.4, -0.2) is 15.0 Å². The zero-order valence-corrected chi connectivity index (χ0v) is 33.7. The highest BCUT2D eigenvalue weighted by Crippen LogP contribution is 2.67. The van der Waals surface area contributed by atoms with E-state index in [4.69, 9.17) is 15.0 Å². The van der Waals surface area contributed by atoms with E-state index in [2.05, 4.69) is 200 Å². The van der Waals surface area contributed by atoms with Crippen molar-refractivity contribution in [3.8, 4) is 67.5 Å². The monoisotopic (exact) mass is 787 g/mol. The molecule has 1 heterocycles. The van der Waals surface area contributed by atoms with Crippen molar-refractivity contribution >= 4 is 0 Å². The molecule has 288 valence electrons. The molecule has 0 aliphatic heterocycles. The second kappa shape index (κ2) is 13.2. The first-order valence-corrected chi connectivity index (χ1v) is 21.4. The predicted octanol–water partition coefficient (Wildman–Crippen LogP) is 13.6. The molecule has 13 rings (SSSR count). The van der Waals surface area contributed by atoms with E-state index in [9.17, 15) is 0 Å². The van der Waals surface area contributed by atoms with Gasteiger partial charge < -0.3 is 0 Å². The number of nitrogens with zero attached hydrogens (tertiary/aromatic N) is 3. The second-order valence-corrected chi connectivity index (χ2v) is 16.6. The Balaban J connectivity index is 1.10. The van der Waals surface area contributed by atoms with E-state index in [1.807, 2.05) is 24.3 Å². The van der Waals surface area contributed by atoms with E-state index < -0.39 is 10.8 Å². The van der Waals surface area contributed by atoms with Crippen LogP contribution in [0.2, 0.25) is 0 Å². The molecule has 10 aromatic rings. The standard InChI is InChI=1S/C59H37N3/c1-3-19-38(20-4-1)41-23-7-8-27-46(41)57-61-55(39-21-5-2-6-22-39)60-56(62-57)40-35-36-45-44-26-11-14-30-49(44)59(54(45)37-40)52-33-17-15-31-50(52)58(51-32-16-18-34-53(51)59)47-28-12-9-24-42(47)43-25-10-13-29-48(43)58/h1-37H. The highest BCUT2D eigenvalue weighted by atomic mass is 15.0. The van der Waals surface area contributed by atoms with Gasteiger partial charge in [-0.05, 0) is 84.0 Å². The van der Waals surface area contributed by atoms with Gasteiger partial charge in [0.1, 0.15) is 0 Å². The molecule has 2 spiro atoms. The number of hydrogen-bond acceptors (Lipinski definition) is 3. The van der Waals surface area contributed by atoms with Gasteiger partial charge in [-0.15, -0.1) is 0 Å². The van der Waals surface area contributed by atoms with Crippen molar-refractivity contribution in [2.24, 2.45) is 0 Å². The maximum absolute atomic E-state index is 5.37. The SMILES string of the molecule is c1ccc(-c2nc(-c3ccc4c(c3)C3(c5ccccc5-4)c4ccccc4C4(c5ccccc5-c5ccccc54)c4ccccc43)nc(-c3ccccc3-c3ccccc3)n2)cc1. The van der Waals surface area contributed by atoms with E-state index >= 15 is 0 Å². The molecular weight excluding hydrogens is 751 g/mol. The second-order valence-electron chi connectivity index (χ2n) is 16.6. The summed E-state index contributed by atoms with van der Waals surface area (Å²) in [7, 11) is 0. The molecule has 3 nitrogen and oxygen atoms in total. The molecule has 0 amide bonds. The summed E-state index contributed by atoms with van der Waals surface area (Å²) in [5.74, 6) is 1.92. The first kappa shape index (κ1) is 34.8. The fraction of sp³-hybridized carbons (Fsp3) is 0.0339. The average Bonchev–Trinajstić information content (AvgIpc) is 3.82. The van der Waals surface area contributed by atoms with Crippen molar-refractivity contribution in [2.75, 3.05) is 0 Å². The zero-order chi connectivity index (χ0) is 40.8. The van der Waals surface area contributed by atoms with E-state index in [1.165, 1.54) is 66.8 Å². The maximum Gasteiger partial charge on any atom is 0.164 e. The van der Waals surface area contributed by atoms with Crippen LogP contribution in [0.25, 0.3) is 67.5 Å². The first-order valence-electron chi connectivity index (χ1n) is 21.4. The van der Waals surface area contributed by atoms with Crippen LogP contribution in [-0.2, 0) is 10.8 Å². The molecule has 0 bridgehead atoms. The number of fused-ring (bicyclic) bond motifs is 16. The van der Waals surface area contributed by atoms with Crippen LogP contribution in [0, 0.1) is 0 Å². The van der Waals surface area contributed by atoms with Crippen molar-refractivity contribution in [1.82, 2.24) is 15.0 Å². The fourth-order valence-electron chi connectivity index (χ4n) is 11.3. The molecule has 0 saturated carbocycles. The van der Waals surface area contributed by atoms with Crippen LogP contribution in [0.4, 0.5) is 0 Å². The van der Waals surface area contributed by atoms with Crippen LogP contribution >= 0.6 is 0 Å². The Labute approximate surface area is 360 Å². The summed E-state index contributed by atoms with van der Waals surface area (Å²) >= 11 is 0. The van der Waals surface area contributed by atoms with Crippen molar-refractivity contribution in [3.05, 3.63) is 269 Å². The van der Waals surface area contributed by atoms with Gasteiger partial charge in [-0.1, -0.05) is 218 Å². The molecule has 0 unspecified atom stereocenters. The zero-order valence-electron chi connectivity index (χ0n) is 33.7. The van der Waals surface area contributed by atoms with Gasteiger partial charge in [0.15, 0.2) is 17.5 Å². The summed E-state index contributed by atoms with van der Waals surface area (Å²) in [5.41, 5.74) is 19.4. The number of benzene rings is 9. The van der Waals surface area contributed by atoms with E-state index in [0.29, 0.717) is 17.5 Å². The highest BCUT2D eigenvalue weighted by Gasteiger charge is 2.58. The van der Waals surface area contributed by atoms with Crippen molar-refractivity contribution in [1.29, 1.82) is 0 Å². The lowest BCUT2D eigenvalue weighted by Crippen LogP contribution is -2.43. The predicted molar refractivity (Wildman–Crippen MR) is 250 cm³/mol. The van der Waals surface area contributed by atoms with Gasteiger partial charge in [-0.25, -0.2) is 15.0 Å². The Morgan fingerprint density at radius 1 is 0.210 bits per heavy atom. The lowest BCUT2D eigenvalue weighted by atomic mass is 9.52. The minimum Gasteiger partial charge on any atom is -0.208 e. The first-order chi connectivity index (χ1) is 30.8. The van der Waals surface area contributed by atoms with Crippen LogP contribution < -0.4 is 0 Å². The fourth-order valence-corrected chi connectivity index (χ4v) is 11.3. The molecule has 0 N–H and O–H groups in total. The smallest absolute Gasteiger partial charge is 0.164 e. The molecule has 62 heavy (non-hydrogen) atoms. The third-order valence-electron chi connectivity index (χ3n) is 13.6. The van der Waals surface area contributed by atoms with Gasteiger partial charge in [-0.3, -0.25) is 0 Å². The number of aromatic nitrogens is 3.